The van der Waals surface area contributed by atoms with Crippen LogP contribution in [-0.2, 0) is 4.74 Å². The molecule has 8 heteroatoms. The SMILES string of the molecule is CCNC(=NCC(c1ccccc1Cl)N1CCOCC1)NCCSC.I. The molecule has 5 nitrogen and oxygen atoms in total. The van der Waals surface area contributed by atoms with Gasteiger partial charge in [-0.05, 0) is 24.8 Å². The van der Waals surface area contributed by atoms with Crippen molar-refractivity contribution >= 4 is 53.3 Å². The van der Waals surface area contributed by atoms with Gasteiger partial charge in [-0.25, -0.2) is 0 Å². The minimum absolute atomic E-state index is 0. The van der Waals surface area contributed by atoms with Gasteiger partial charge in [0.2, 0.25) is 0 Å². The molecule has 2 rings (SSSR count). The zero-order valence-electron chi connectivity index (χ0n) is 15.5. The molecule has 0 bridgehead atoms. The second-order valence-corrected chi connectivity index (χ2v) is 7.22. The Hall–Kier alpha value is -0.220. The highest BCUT2D eigenvalue weighted by Crippen LogP contribution is 2.28. The van der Waals surface area contributed by atoms with E-state index in [1.807, 2.05) is 30.0 Å². The van der Waals surface area contributed by atoms with Crippen LogP contribution in [0.4, 0.5) is 0 Å². The number of aliphatic imine (C=N–C) groups is 1. The maximum absolute atomic E-state index is 6.48. The monoisotopic (exact) mass is 512 g/mol. The summed E-state index contributed by atoms with van der Waals surface area (Å²) in [5.74, 6) is 1.92. The van der Waals surface area contributed by atoms with Crippen LogP contribution in [0.5, 0.6) is 0 Å². The van der Waals surface area contributed by atoms with Gasteiger partial charge in [0.15, 0.2) is 5.96 Å². The Balaban J connectivity index is 0.00000338. The van der Waals surface area contributed by atoms with Gasteiger partial charge < -0.3 is 15.4 Å². The third-order valence-electron chi connectivity index (χ3n) is 4.12. The molecule has 1 aromatic carbocycles. The van der Waals surface area contributed by atoms with E-state index in [2.05, 4.69) is 34.8 Å². The summed E-state index contributed by atoms with van der Waals surface area (Å²) in [6.07, 6.45) is 2.11. The lowest BCUT2D eigenvalue weighted by Gasteiger charge is -2.34. The summed E-state index contributed by atoms with van der Waals surface area (Å²) in [4.78, 5) is 7.24. The molecule has 1 fully saturated rings. The molecular weight excluding hydrogens is 483 g/mol. The molecule has 1 heterocycles. The molecule has 1 atom stereocenters. The van der Waals surface area contributed by atoms with Gasteiger partial charge in [-0.2, -0.15) is 11.8 Å². The van der Waals surface area contributed by atoms with Crippen molar-refractivity contribution in [2.75, 3.05) is 57.9 Å². The molecule has 0 saturated carbocycles. The van der Waals surface area contributed by atoms with E-state index in [-0.39, 0.29) is 30.0 Å². The summed E-state index contributed by atoms with van der Waals surface area (Å²) < 4.78 is 5.51. The van der Waals surface area contributed by atoms with E-state index in [1.54, 1.807) is 0 Å². The fourth-order valence-corrected chi connectivity index (χ4v) is 3.40. The van der Waals surface area contributed by atoms with Gasteiger partial charge >= 0.3 is 0 Å². The number of guanidine groups is 1. The number of nitrogens with zero attached hydrogens (tertiary/aromatic N) is 2. The number of hydrogen-bond acceptors (Lipinski definition) is 4. The number of nitrogens with one attached hydrogen (secondary N) is 2. The number of ether oxygens (including phenoxy) is 1. The maximum atomic E-state index is 6.48. The average Bonchev–Trinajstić information content (AvgIpc) is 2.64. The zero-order chi connectivity index (χ0) is 17.9. The lowest BCUT2D eigenvalue weighted by atomic mass is 10.0. The minimum atomic E-state index is 0. The third kappa shape index (κ3) is 7.80. The van der Waals surface area contributed by atoms with Crippen molar-refractivity contribution < 1.29 is 4.74 Å². The fourth-order valence-electron chi connectivity index (χ4n) is 2.84. The van der Waals surface area contributed by atoms with Crippen molar-refractivity contribution in [2.45, 2.75) is 13.0 Å². The number of benzene rings is 1. The highest BCUT2D eigenvalue weighted by Gasteiger charge is 2.24. The van der Waals surface area contributed by atoms with Gasteiger partial charge in [-0.1, -0.05) is 29.8 Å². The van der Waals surface area contributed by atoms with E-state index in [1.165, 1.54) is 0 Å². The highest BCUT2D eigenvalue weighted by molar-refractivity contribution is 14.0. The van der Waals surface area contributed by atoms with Gasteiger partial charge in [0, 0.05) is 37.0 Å². The summed E-state index contributed by atoms with van der Waals surface area (Å²) >= 11 is 8.30. The van der Waals surface area contributed by atoms with E-state index in [9.17, 15) is 0 Å². The summed E-state index contributed by atoms with van der Waals surface area (Å²) in [7, 11) is 0. The average molecular weight is 513 g/mol. The van der Waals surface area contributed by atoms with Crippen molar-refractivity contribution in [3.8, 4) is 0 Å². The van der Waals surface area contributed by atoms with E-state index >= 15 is 0 Å². The Labute approximate surface area is 183 Å². The summed E-state index contributed by atoms with van der Waals surface area (Å²) in [5, 5.41) is 7.51. The van der Waals surface area contributed by atoms with Crippen LogP contribution < -0.4 is 10.6 Å². The first kappa shape index (κ1) is 23.8. The van der Waals surface area contributed by atoms with Crippen LogP contribution in [0.3, 0.4) is 0 Å². The molecule has 1 saturated heterocycles. The van der Waals surface area contributed by atoms with Crippen LogP contribution in [0, 0.1) is 0 Å². The van der Waals surface area contributed by atoms with Crippen molar-refractivity contribution in [3.05, 3.63) is 34.9 Å². The van der Waals surface area contributed by atoms with Gasteiger partial charge in [-0.15, -0.1) is 24.0 Å². The number of morpholine rings is 1. The molecule has 1 aromatic rings. The molecule has 0 aromatic heterocycles. The predicted molar refractivity (Wildman–Crippen MR) is 124 cm³/mol. The molecule has 0 radical (unpaired) electrons. The van der Waals surface area contributed by atoms with Crippen molar-refractivity contribution in [1.29, 1.82) is 0 Å². The Morgan fingerprint density at radius 1 is 1.31 bits per heavy atom. The van der Waals surface area contributed by atoms with E-state index in [0.717, 1.165) is 61.7 Å². The van der Waals surface area contributed by atoms with Crippen LogP contribution in [0.2, 0.25) is 5.02 Å². The summed E-state index contributed by atoms with van der Waals surface area (Å²) in [6, 6.07) is 8.23. The quantitative estimate of drug-likeness (QED) is 0.242. The van der Waals surface area contributed by atoms with Crippen molar-refractivity contribution in [1.82, 2.24) is 15.5 Å². The smallest absolute Gasteiger partial charge is 0.191 e. The Morgan fingerprint density at radius 3 is 2.69 bits per heavy atom. The Morgan fingerprint density at radius 2 is 2.04 bits per heavy atom. The zero-order valence-corrected chi connectivity index (χ0v) is 19.4. The van der Waals surface area contributed by atoms with Crippen LogP contribution in [0.1, 0.15) is 18.5 Å². The second kappa shape index (κ2) is 13.9. The largest absolute Gasteiger partial charge is 0.379 e. The van der Waals surface area contributed by atoms with Gasteiger partial charge in [0.1, 0.15) is 0 Å². The topological polar surface area (TPSA) is 48.9 Å². The number of rotatable bonds is 8. The van der Waals surface area contributed by atoms with Gasteiger partial charge in [-0.3, -0.25) is 9.89 Å². The first-order valence-corrected chi connectivity index (χ1v) is 10.6. The number of halogens is 2. The van der Waals surface area contributed by atoms with E-state index in [4.69, 9.17) is 21.3 Å². The summed E-state index contributed by atoms with van der Waals surface area (Å²) in [5.41, 5.74) is 1.13. The number of hydrogen-bond donors (Lipinski definition) is 2. The highest BCUT2D eigenvalue weighted by atomic mass is 127. The maximum Gasteiger partial charge on any atom is 0.191 e. The van der Waals surface area contributed by atoms with Crippen LogP contribution in [0.25, 0.3) is 0 Å². The standard InChI is InChI=1S/C18H29ClN4OS.HI/c1-3-20-18(21-8-13-25-2)22-14-17(23-9-11-24-12-10-23)15-6-4-5-7-16(15)19;/h4-7,17H,3,8-14H2,1-2H3,(H2,20,21,22);1H. The minimum Gasteiger partial charge on any atom is -0.379 e. The lowest BCUT2D eigenvalue weighted by molar-refractivity contribution is 0.0180. The molecule has 26 heavy (non-hydrogen) atoms. The van der Waals surface area contributed by atoms with Gasteiger partial charge in [0.25, 0.3) is 0 Å². The molecule has 0 amide bonds. The molecule has 1 unspecified atom stereocenters. The van der Waals surface area contributed by atoms with Crippen molar-refractivity contribution in [3.63, 3.8) is 0 Å². The molecule has 1 aliphatic rings. The Kier molecular flexibility index (Phi) is 12.7. The molecule has 2 N–H and O–H groups in total. The first-order chi connectivity index (χ1) is 12.3. The van der Waals surface area contributed by atoms with Gasteiger partial charge in [0.05, 0.1) is 25.8 Å². The van der Waals surface area contributed by atoms with Crippen molar-refractivity contribution in [2.24, 2.45) is 4.99 Å². The number of thioether (sulfide) groups is 1. The normalized spacial score (nSPS) is 16.7. The Bertz CT molecular complexity index is 544. The van der Waals surface area contributed by atoms with Crippen LogP contribution in [-0.4, -0.2) is 68.8 Å². The molecule has 148 valence electrons. The second-order valence-electron chi connectivity index (χ2n) is 5.82. The molecule has 0 spiro atoms. The third-order valence-corrected chi connectivity index (χ3v) is 5.07. The van der Waals surface area contributed by atoms with E-state index < -0.39 is 0 Å². The van der Waals surface area contributed by atoms with Crippen LogP contribution >= 0.6 is 47.3 Å². The first-order valence-electron chi connectivity index (χ1n) is 8.83. The fraction of sp³-hybridized carbons (Fsp3) is 0.611. The molecule has 1 aliphatic heterocycles. The van der Waals surface area contributed by atoms with E-state index in [0.29, 0.717) is 6.54 Å². The predicted octanol–water partition coefficient (Wildman–Crippen LogP) is 3.25. The lowest BCUT2D eigenvalue weighted by Crippen LogP contribution is -2.42. The molecule has 0 aliphatic carbocycles. The van der Waals surface area contributed by atoms with Crippen LogP contribution in [0.15, 0.2) is 29.3 Å². The molecular formula is C18H30ClIN4OS. The summed E-state index contributed by atoms with van der Waals surface area (Å²) in [6.45, 7) is 7.83.